The molecule has 2 aromatic rings. The van der Waals surface area contributed by atoms with Crippen molar-refractivity contribution in [3.8, 4) is 10.4 Å². The number of hydrogen-bond acceptors (Lipinski definition) is 1. The van der Waals surface area contributed by atoms with Gasteiger partial charge in [0.25, 0.3) is 0 Å². The number of thiophene rings is 1. The van der Waals surface area contributed by atoms with Crippen molar-refractivity contribution in [3.05, 3.63) is 47.3 Å². The number of hydrogen-bond donors (Lipinski definition) is 0. The van der Waals surface area contributed by atoms with Gasteiger partial charge in [0.1, 0.15) is 0 Å². The lowest BCUT2D eigenvalue weighted by atomic mass is 9.95. The van der Waals surface area contributed by atoms with Gasteiger partial charge in [-0.25, -0.2) is 0 Å². The molecule has 2 rings (SSSR count). The van der Waals surface area contributed by atoms with E-state index < -0.39 is 0 Å². The lowest BCUT2D eigenvalue weighted by molar-refractivity contribution is 0.561. The third kappa shape index (κ3) is 2.53. The Bertz CT molecular complexity index is 428. The van der Waals surface area contributed by atoms with Crippen LogP contribution < -0.4 is 0 Å². The highest BCUT2D eigenvalue weighted by atomic mass is 32.1. The molecular weight excluding hydrogens is 212 g/mol. The van der Waals surface area contributed by atoms with E-state index in [1.165, 1.54) is 28.8 Å². The van der Waals surface area contributed by atoms with Gasteiger partial charge in [0.05, 0.1) is 0 Å². The van der Waals surface area contributed by atoms with Crippen LogP contribution in [0, 0.1) is 5.92 Å². The first-order chi connectivity index (χ1) is 7.81. The Morgan fingerprint density at radius 2 is 1.94 bits per heavy atom. The Hall–Kier alpha value is -1.08. The van der Waals surface area contributed by atoms with Gasteiger partial charge in [-0.1, -0.05) is 50.6 Å². The summed E-state index contributed by atoms with van der Waals surface area (Å²) in [5.74, 6) is 0.765. The molecule has 0 aliphatic rings. The molecule has 0 fully saturated rings. The van der Waals surface area contributed by atoms with Gasteiger partial charge in [-0.3, -0.25) is 0 Å². The first-order valence-electron chi connectivity index (χ1n) is 5.93. The molecule has 0 spiro atoms. The molecule has 1 atom stereocenters. The Balaban J connectivity index is 2.31. The fourth-order valence-electron chi connectivity index (χ4n) is 1.89. The maximum absolute atomic E-state index is 2.32. The lowest BCUT2D eigenvalue weighted by Gasteiger charge is -2.12. The second kappa shape index (κ2) is 5.31. The zero-order valence-corrected chi connectivity index (χ0v) is 10.8. The minimum absolute atomic E-state index is 0.765. The molecule has 1 aromatic heterocycles. The molecule has 16 heavy (non-hydrogen) atoms. The van der Waals surface area contributed by atoms with Crippen LogP contribution >= 0.6 is 11.3 Å². The SMILES string of the molecule is CCC(C)Cc1ccccc1-c1cccs1. The predicted molar refractivity (Wildman–Crippen MR) is 72.9 cm³/mol. The molecule has 1 unspecified atom stereocenters. The fraction of sp³-hybridized carbons (Fsp3) is 0.333. The van der Waals surface area contributed by atoms with E-state index in [0.717, 1.165) is 5.92 Å². The molecule has 0 radical (unpaired) electrons. The van der Waals surface area contributed by atoms with Crippen LogP contribution in [0.4, 0.5) is 0 Å². The second-order valence-electron chi connectivity index (χ2n) is 4.35. The third-order valence-electron chi connectivity index (χ3n) is 3.07. The zero-order chi connectivity index (χ0) is 11.4. The lowest BCUT2D eigenvalue weighted by Crippen LogP contribution is -1.99. The van der Waals surface area contributed by atoms with Crippen LogP contribution in [0.2, 0.25) is 0 Å². The summed E-state index contributed by atoms with van der Waals surface area (Å²) in [6, 6.07) is 13.1. The topological polar surface area (TPSA) is 0 Å². The van der Waals surface area contributed by atoms with Gasteiger partial charge >= 0.3 is 0 Å². The molecule has 1 heteroatoms. The average Bonchev–Trinajstić information content (AvgIpc) is 2.83. The van der Waals surface area contributed by atoms with Crippen LogP contribution in [-0.4, -0.2) is 0 Å². The monoisotopic (exact) mass is 230 g/mol. The van der Waals surface area contributed by atoms with Gasteiger partial charge in [0, 0.05) is 4.88 Å². The van der Waals surface area contributed by atoms with Gasteiger partial charge < -0.3 is 0 Å². The van der Waals surface area contributed by atoms with Gasteiger partial charge in [0.2, 0.25) is 0 Å². The van der Waals surface area contributed by atoms with Crippen molar-refractivity contribution >= 4 is 11.3 Å². The second-order valence-corrected chi connectivity index (χ2v) is 5.30. The van der Waals surface area contributed by atoms with Crippen molar-refractivity contribution in [1.29, 1.82) is 0 Å². The first kappa shape index (κ1) is 11.4. The van der Waals surface area contributed by atoms with E-state index in [9.17, 15) is 0 Å². The van der Waals surface area contributed by atoms with E-state index in [4.69, 9.17) is 0 Å². The highest BCUT2D eigenvalue weighted by Gasteiger charge is 2.08. The molecule has 84 valence electrons. The molecule has 1 aromatic carbocycles. The first-order valence-corrected chi connectivity index (χ1v) is 6.81. The molecule has 0 N–H and O–H groups in total. The Morgan fingerprint density at radius 3 is 2.62 bits per heavy atom. The van der Waals surface area contributed by atoms with Crippen molar-refractivity contribution in [2.24, 2.45) is 5.92 Å². The van der Waals surface area contributed by atoms with Crippen molar-refractivity contribution < 1.29 is 0 Å². The molecule has 0 nitrogen and oxygen atoms in total. The van der Waals surface area contributed by atoms with Gasteiger partial charge in [-0.05, 0) is 34.9 Å². The Kier molecular flexibility index (Phi) is 3.79. The Labute approximate surface area is 102 Å². The molecule has 0 amide bonds. The van der Waals surface area contributed by atoms with E-state index in [-0.39, 0.29) is 0 Å². The third-order valence-corrected chi connectivity index (χ3v) is 3.97. The minimum Gasteiger partial charge on any atom is -0.144 e. The maximum Gasteiger partial charge on any atom is 0.0345 e. The summed E-state index contributed by atoms with van der Waals surface area (Å²) in [6.07, 6.45) is 2.43. The largest absolute Gasteiger partial charge is 0.144 e. The van der Waals surface area contributed by atoms with E-state index in [2.05, 4.69) is 55.6 Å². The van der Waals surface area contributed by atoms with Crippen LogP contribution in [0.1, 0.15) is 25.8 Å². The van der Waals surface area contributed by atoms with Crippen LogP contribution in [0.3, 0.4) is 0 Å². The molecule has 0 aliphatic carbocycles. The van der Waals surface area contributed by atoms with E-state index in [1.54, 1.807) is 0 Å². The highest BCUT2D eigenvalue weighted by Crippen LogP contribution is 2.29. The molecular formula is C15H18S. The molecule has 0 bridgehead atoms. The smallest absolute Gasteiger partial charge is 0.0345 e. The van der Waals surface area contributed by atoms with E-state index in [0.29, 0.717) is 0 Å². The maximum atomic E-state index is 2.32. The zero-order valence-electron chi connectivity index (χ0n) is 9.94. The summed E-state index contributed by atoms with van der Waals surface area (Å²) in [7, 11) is 0. The molecule has 1 heterocycles. The fourth-order valence-corrected chi connectivity index (χ4v) is 2.68. The van der Waals surface area contributed by atoms with Crippen LogP contribution in [-0.2, 0) is 6.42 Å². The van der Waals surface area contributed by atoms with Gasteiger partial charge in [-0.15, -0.1) is 11.3 Å². The summed E-state index contributed by atoms with van der Waals surface area (Å²) < 4.78 is 0. The standard InChI is InChI=1S/C15H18S/c1-3-12(2)11-13-7-4-5-8-14(13)15-9-6-10-16-15/h4-10,12H,3,11H2,1-2H3. The number of benzene rings is 1. The average molecular weight is 230 g/mol. The van der Waals surface area contributed by atoms with Crippen molar-refractivity contribution in [3.63, 3.8) is 0 Å². The summed E-state index contributed by atoms with van der Waals surface area (Å²) in [5, 5.41) is 2.15. The molecule has 0 aliphatic heterocycles. The normalized spacial score (nSPS) is 12.6. The predicted octanol–water partition coefficient (Wildman–Crippen LogP) is 5.00. The number of rotatable bonds is 4. The van der Waals surface area contributed by atoms with E-state index in [1.807, 2.05) is 11.3 Å². The van der Waals surface area contributed by atoms with Gasteiger partial charge in [0.15, 0.2) is 0 Å². The summed E-state index contributed by atoms with van der Waals surface area (Å²) in [5.41, 5.74) is 2.90. The van der Waals surface area contributed by atoms with Crippen LogP contribution in [0.15, 0.2) is 41.8 Å². The minimum atomic E-state index is 0.765. The van der Waals surface area contributed by atoms with E-state index >= 15 is 0 Å². The summed E-state index contributed by atoms with van der Waals surface area (Å²) >= 11 is 1.82. The Morgan fingerprint density at radius 1 is 1.12 bits per heavy atom. The summed E-state index contributed by atoms with van der Waals surface area (Å²) in [6.45, 7) is 4.59. The van der Waals surface area contributed by atoms with Gasteiger partial charge in [-0.2, -0.15) is 0 Å². The van der Waals surface area contributed by atoms with Crippen LogP contribution in [0.5, 0.6) is 0 Å². The van der Waals surface area contributed by atoms with Crippen LogP contribution in [0.25, 0.3) is 10.4 Å². The highest BCUT2D eigenvalue weighted by molar-refractivity contribution is 7.13. The van der Waals surface area contributed by atoms with Crippen molar-refractivity contribution in [1.82, 2.24) is 0 Å². The molecule has 0 saturated carbocycles. The van der Waals surface area contributed by atoms with Crippen molar-refractivity contribution in [2.45, 2.75) is 26.7 Å². The van der Waals surface area contributed by atoms with Crippen molar-refractivity contribution in [2.75, 3.05) is 0 Å². The molecule has 0 saturated heterocycles. The quantitative estimate of drug-likeness (QED) is 0.693. The summed E-state index contributed by atoms with van der Waals surface area (Å²) in [4.78, 5) is 1.39.